The Balaban J connectivity index is 2.18. The molecule has 3 rings (SSSR count). The van der Waals surface area contributed by atoms with E-state index in [0.717, 1.165) is 12.5 Å². The lowest BCUT2D eigenvalue weighted by Crippen LogP contribution is -2.02. The molecule has 5 nitrogen and oxygen atoms in total. The molecular formula is C14H12F2N4O. The molecule has 1 aromatic carbocycles. The maximum Gasteiger partial charge on any atom is 0.263 e. The van der Waals surface area contributed by atoms with Crippen LogP contribution in [-0.2, 0) is 0 Å². The van der Waals surface area contributed by atoms with Gasteiger partial charge in [0, 0.05) is 18.2 Å². The molecular weight excluding hydrogens is 278 g/mol. The number of fused-ring (bicyclic) bond motifs is 1. The van der Waals surface area contributed by atoms with E-state index in [2.05, 4.69) is 20.4 Å². The summed E-state index contributed by atoms with van der Waals surface area (Å²) >= 11 is 0. The van der Waals surface area contributed by atoms with Crippen molar-refractivity contribution in [2.75, 3.05) is 11.9 Å². The number of nitrogens with zero attached hydrogens (tertiary/aromatic N) is 3. The first-order chi connectivity index (χ1) is 10.2. The second kappa shape index (κ2) is 5.43. The van der Waals surface area contributed by atoms with Crippen molar-refractivity contribution in [3.8, 4) is 11.3 Å². The van der Waals surface area contributed by atoms with Gasteiger partial charge in [0.25, 0.3) is 5.71 Å². The third kappa shape index (κ3) is 2.54. The van der Waals surface area contributed by atoms with E-state index in [-0.39, 0.29) is 11.3 Å². The van der Waals surface area contributed by atoms with Crippen LogP contribution in [0.5, 0.6) is 0 Å². The number of nitrogens with one attached hydrogen (secondary N) is 1. The van der Waals surface area contributed by atoms with E-state index in [1.807, 2.05) is 6.92 Å². The van der Waals surface area contributed by atoms with Crippen LogP contribution < -0.4 is 5.32 Å². The fourth-order valence-electron chi connectivity index (χ4n) is 2.05. The molecule has 0 fully saturated rings. The molecule has 7 heteroatoms. The van der Waals surface area contributed by atoms with Crippen LogP contribution in [0, 0.1) is 11.6 Å². The van der Waals surface area contributed by atoms with Crippen LogP contribution in [0.2, 0.25) is 0 Å². The Labute approximate surface area is 119 Å². The van der Waals surface area contributed by atoms with Crippen molar-refractivity contribution in [1.82, 2.24) is 15.1 Å². The van der Waals surface area contributed by atoms with Gasteiger partial charge in [0.2, 0.25) is 0 Å². The van der Waals surface area contributed by atoms with Gasteiger partial charge in [-0.15, -0.1) is 0 Å². The van der Waals surface area contributed by atoms with Crippen LogP contribution in [0.15, 0.2) is 29.0 Å². The molecule has 108 valence electrons. The van der Waals surface area contributed by atoms with Gasteiger partial charge in [-0.25, -0.2) is 13.8 Å². The van der Waals surface area contributed by atoms with Crippen molar-refractivity contribution in [2.45, 2.75) is 13.3 Å². The number of anilines is 1. The highest BCUT2D eigenvalue weighted by molar-refractivity contribution is 5.97. The summed E-state index contributed by atoms with van der Waals surface area (Å²) in [6.07, 6.45) is 2.25. The summed E-state index contributed by atoms with van der Waals surface area (Å²) in [7, 11) is 0. The molecule has 0 unspecified atom stereocenters. The first kappa shape index (κ1) is 13.4. The zero-order valence-corrected chi connectivity index (χ0v) is 11.2. The molecule has 0 radical (unpaired) electrons. The van der Waals surface area contributed by atoms with E-state index in [1.54, 1.807) is 0 Å². The van der Waals surface area contributed by atoms with Gasteiger partial charge in [0.1, 0.15) is 34.9 Å². The average Bonchev–Trinajstić information content (AvgIpc) is 2.88. The van der Waals surface area contributed by atoms with Crippen LogP contribution in [0.4, 0.5) is 14.6 Å². The summed E-state index contributed by atoms with van der Waals surface area (Å²) < 4.78 is 31.9. The van der Waals surface area contributed by atoms with E-state index in [0.29, 0.717) is 23.4 Å². The molecule has 0 amide bonds. The molecule has 2 aromatic heterocycles. The Bertz CT molecular complexity index is 767. The molecule has 0 saturated carbocycles. The molecule has 1 N–H and O–H groups in total. The number of aromatic nitrogens is 3. The Morgan fingerprint density at radius 3 is 2.62 bits per heavy atom. The van der Waals surface area contributed by atoms with Gasteiger partial charge in [-0.2, -0.15) is 4.98 Å². The first-order valence-corrected chi connectivity index (χ1v) is 6.49. The Kier molecular flexibility index (Phi) is 3.47. The highest BCUT2D eigenvalue weighted by Crippen LogP contribution is 2.31. The van der Waals surface area contributed by atoms with Crippen molar-refractivity contribution in [1.29, 1.82) is 0 Å². The molecule has 21 heavy (non-hydrogen) atoms. The average molecular weight is 290 g/mol. The molecule has 0 aliphatic rings. The lowest BCUT2D eigenvalue weighted by atomic mass is 10.1. The predicted molar refractivity (Wildman–Crippen MR) is 73.7 cm³/mol. The minimum Gasteiger partial charge on any atom is -0.369 e. The van der Waals surface area contributed by atoms with Gasteiger partial charge in [-0.05, 0) is 18.6 Å². The minimum absolute atomic E-state index is 0.267. The van der Waals surface area contributed by atoms with Crippen LogP contribution >= 0.6 is 0 Å². The van der Waals surface area contributed by atoms with Crippen molar-refractivity contribution in [3.05, 3.63) is 36.2 Å². The first-order valence-electron chi connectivity index (χ1n) is 6.49. The van der Waals surface area contributed by atoms with Crippen LogP contribution in [0.3, 0.4) is 0 Å². The van der Waals surface area contributed by atoms with Gasteiger partial charge in [0.05, 0.1) is 0 Å². The topological polar surface area (TPSA) is 63.8 Å². The normalized spacial score (nSPS) is 11.0. The summed E-state index contributed by atoms with van der Waals surface area (Å²) in [6, 6.07) is 3.19. The zero-order valence-electron chi connectivity index (χ0n) is 11.2. The standard InChI is InChI=1S/C14H12F2N4O/c1-2-3-17-13-11-12(20-21-14(11)19-7-18-13)8-4-9(15)6-10(16)5-8/h4-7H,2-3H2,1H3,(H,17,18,19). The molecule has 0 aliphatic carbocycles. The van der Waals surface area contributed by atoms with Crippen molar-refractivity contribution in [2.24, 2.45) is 0 Å². The lowest BCUT2D eigenvalue weighted by Gasteiger charge is -2.05. The molecule has 0 spiro atoms. The van der Waals surface area contributed by atoms with E-state index >= 15 is 0 Å². The zero-order chi connectivity index (χ0) is 14.8. The highest BCUT2D eigenvalue weighted by Gasteiger charge is 2.17. The number of hydrogen-bond donors (Lipinski definition) is 1. The van der Waals surface area contributed by atoms with Crippen molar-refractivity contribution < 1.29 is 13.3 Å². The Hall–Kier alpha value is -2.57. The number of halogens is 2. The molecule has 0 bridgehead atoms. The molecule has 0 saturated heterocycles. The highest BCUT2D eigenvalue weighted by atomic mass is 19.1. The molecule has 3 aromatic rings. The van der Waals surface area contributed by atoms with Crippen LogP contribution in [0.1, 0.15) is 13.3 Å². The monoisotopic (exact) mass is 290 g/mol. The summed E-state index contributed by atoms with van der Waals surface area (Å²) in [5, 5.41) is 7.50. The Morgan fingerprint density at radius 2 is 1.90 bits per heavy atom. The predicted octanol–water partition coefficient (Wildman–Crippen LogP) is 3.38. The number of benzene rings is 1. The van der Waals surface area contributed by atoms with Gasteiger partial charge in [0.15, 0.2) is 0 Å². The maximum atomic E-state index is 13.4. The lowest BCUT2D eigenvalue weighted by molar-refractivity contribution is 0.451. The molecule has 2 heterocycles. The second-order valence-corrected chi connectivity index (χ2v) is 4.52. The van der Waals surface area contributed by atoms with Gasteiger partial charge >= 0.3 is 0 Å². The van der Waals surface area contributed by atoms with E-state index in [4.69, 9.17) is 4.52 Å². The van der Waals surface area contributed by atoms with E-state index < -0.39 is 11.6 Å². The summed E-state index contributed by atoms with van der Waals surface area (Å²) in [6.45, 7) is 2.72. The SMILES string of the molecule is CCCNc1ncnc2onc(-c3cc(F)cc(F)c3)c12. The van der Waals surface area contributed by atoms with E-state index in [9.17, 15) is 8.78 Å². The molecule has 0 atom stereocenters. The minimum atomic E-state index is -0.680. The van der Waals surface area contributed by atoms with Gasteiger partial charge in [-0.3, -0.25) is 0 Å². The van der Waals surface area contributed by atoms with Crippen molar-refractivity contribution in [3.63, 3.8) is 0 Å². The maximum absolute atomic E-state index is 13.4. The third-order valence-corrected chi connectivity index (χ3v) is 2.95. The summed E-state index contributed by atoms with van der Waals surface area (Å²) in [5.41, 5.74) is 0.853. The van der Waals surface area contributed by atoms with E-state index in [1.165, 1.54) is 18.5 Å². The smallest absolute Gasteiger partial charge is 0.263 e. The summed E-state index contributed by atoms with van der Waals surface area (Å²) in [5.74, 6) is -0.829. The fraction of sp³-hybridized carbons (Fsp3) is 0.214. The Morgan fingerprint density at radius 1 is 1.14 bits per heavy atom. The quantitative estimate of drug-likeness (QED) is 0.798. The largest absolute Gasteiger partial charge is 0.369 e. The summed E-state index contributed by atoms with van der Waals surface area (Å²) in [4.78, 5) is 8.11. The van der Waals surface area contributed by atoms with Gasteiger partial charge < -0.3 is 9.84 Å². The van der Waals surface area contributed by atoms with Gasteiger partial charge in [-0.1, -0.05) is 12.1 Å². The number of hydrogen-bond acceptors (Lipinski definition) is 5. The fourth-order valence-corrected chi connectivity index (χ4v) is 2.05. The molecule has 0 aliphatic heterocycles. The third-order valence-electron chi connectivity index (χ3n) is 2.95. The number of rotatable bonds is 4. The van der Waals surface area contributed by atoms with Crippen LogP contribution in [-0.4, -0.2) is 21.7 Å². The van der Waals surface area contributed by atoms with Crippen molar-refractivity contribution >= 4 is 16.9 Å². The van der Waals surface area contributed by atoms with Crippen LogP contribution in [0.25, 0.3) is 22.4 Å². The second-order valence-electron chi connectivity index (χ2n) is 4.52.